The van der Waals surface area contributed by atoms with Crippen molar-refractivity contribution in [2.75, 3.05) is 0 Å². The third-order valence-electron chi connectivity index (χ3n) is 2.75. The number of thiazole rings is 1. The lowest BCUT2D eigenvalue weighted by molar-refractivity contribution is 0.641. The number of nitrogens with zero attached hydrogens (tertiary/aromatic N) is 1. The van der Waals surface area contributed by atoms with Gasteiger partial charge in [0.25, 0.3) is 0 Å². The van der Waals surface area contributed by atoms with Crippen LogP contribution in [0.3, 0.4) is 0 Å². The molecule has 1 atom stereocenters. The minimum atomic E-state index is -0.150. The van der Waals surface area contributed by atoms with E-state index in [0.717, 1.165) is 22.5 Å². The predicted molar refractivity (Wildman–Crippen MR) is 74.4 cm³/mol. The summed E-state index contributed by atoms with van der Waals surface area (Å²) >= 11 is 1.48. The lowest BCUT2D eigenvalue weighted by Crippen LogP contribution is -1.88. The molecule has 1 nitrogen and oxygen atoms in total. The Morgan fingerprint density at radius 3 is 2.53 bits per heavy atom. The van der Waals surface area contributed by atoms with Gasteiger partial charge >= 0.3 is 0 Å². The lowest BCUT2D eigenvalue weighted by atomic mass is 10.1. The van der Waals surface area contributed by atoms with Crippen LogP contribution in [0.5, 0.6) is 0 Å². The molecule has 0 N–H and O–H groups in total. The first kappa shape index (κ1) is 14.1. The molecule has 0 amide bonds. The molecule has 0 saturated heterocycles. The number of rotatable bonds is 2. The van der Waals surface area contributed by atoms with Crippen LogP contribution in [0.25, 0.3) is 10.2 Å². The van der Waals surface area contributed by atoms with Gasteiger partial charge in [0.05, 0.1) is 15.2 Å². The molecule has 1 aromatic heterocycles. The molecule has 0 radical (unpaired) electrons. The molecule has 2 rings (SSSR count). The van der Waals surface area contributed by atoms with Crippen LogP contribution in [0.4, 0.5) is 4.39 Å². The van der Waals surface area contributed by atoms with Gasteiger partial charge in [0.1, 0.15) is 5.82 Å². The van der Waals surface area contributed by atoms with E-state index in [1.807, 2.05) is 20.8 Å². The average molecular weight is 253 g/mol. The van der Waals surface area contributed by atoms with Gasteiger partial charge in [-0.15, -0.1) is 11.3 Å². The fourth-order valence-electron chi connectivity index (χ4n) is 1.50. The van der Waals surface area contributed by atoms with E-state index in [9.17, 15) is 4.39 Å². The van der Waals surface area contributed by atoms with Crippen molar-refractivity contribution in [3.8, 4) is 0 Å². The van der Waals surface area contributed by atoms with Crippen molar-refractivity contribution in [3.63, 3.8) is 0 Å². The average Bonchev–Trinajstić information content (AvgIpc) is 2.81. The van der Waals surface area contributed by atoms with Crippen molar-refractivity contribution in [2.24, 2.45) is 0 Å². The van der Waals surface area contributed by atoms with Gasteiger partial charge in [-0.25, -0.2) is 9.37 Å². The van der Waals surface area contributed by atoms with Gasteiger partial charge in [0.15, 0.2) is 0 Å². The molecule has 1 heterocycles. The van der Waals surface area contributed by atoms with Crippen LogP contribution in [0.15, 0.2) is 12.1 Å². The Kier molecular flexibility index (Phi) is 5.06. The Labute approximate surface area is 107 Å². The molecule has 0 saturated carbocycles. The molecule has 1 aromatic carbocycles. The summed E-state index contributed by atoms with van der Waals surface area (Å²) in [5, 5.41) is 1.04. The summed E-state index contributed by atoms with van der Waals surface area (Å²) < 4.78 is 14.2. The number of hydrogen-bond donors (Lipinski definition) is 0. The molecule has 0 aliphatic rings. The standard InChI is InChI=1S/C12H14FNS.C2H6/c1-4-7(2)12-14-10-8(3)5-6-9(13)11(10)15-12;1-2/h5-7H,4H2,1-3H3;1-2H3. The zero-order valence-electron chi connectivity index (χ0n) is 11.2. The molecule has 0 spiro atoms. The first-order valence-corrected chi connectivity index (χ1v) is 7.00. The number of aromatic nitrogens is 1. The highest BCUT2D eigenvalue weighted by atomic mass is 32.1. The van der Waals surface area contributed by atoms with Gasteiger partial charge in [-0.05, 0) is 25.0 Å². The summed E-state index contributed by atoms with van der Waals surface area (Å²) in [4.78, 5) is 4.52. The van der Waals surface area contributed by atoms with E-state index in [-0.39, 0.29) is 5.82 Å². The molecule has 2 aromatic rings. The van der Waals surface area contributed by atoms with E-state index in [2.05, 4.69) is 18.8 Å². The molecule has 17 heavy (non-hydrogen) atoms. The van der Waals surface area contributed by atoms with Crippen molar-refractivity contribution in [3.05, 3.63) is 28.5 Å². The number of benzene rings is 1. The smallest absolute Gasteiger partial charge is 0.142 e. The monoisotopic (exact) mass is 253 g/mol. The lowest BCUT2D eigenvalue weighted by Gasteiger charge is -2.00. The molecule has 1 unspecified atom stereocenters. The van der Waals surface area contributed by atoms with Crippen LogP contribution in [0, 0.1) is 12.7 Å². The van der Waals surface area contributed by atoms with Crippen LogP contribution in [0.1, 0.15) is 50.6 Å². The van der Waals surface area contributed by atoms with Gasteiger partial charge in [-0.2, -0.15) is 0 Å². The Bertz CT molecular complexity index is 451. The maximum Gasteiger partial charge on any atom is 0.142 e. The van der Waals surface area contributed by atoms with Crippen LogP contribution in [0.2, 0.25) is 0 Å². The van der Waals surface area contributed by atoms with E-state index in [1.165, 1.54) is 17.4 Å². The summed E-state index contributed by atoms with van der Waals surface area (Å²) in [6.07, 6.45) is 1.04. The molecular formula is C14H20FNS. The molecule has 0 aliphatic carbocycles. The third-order valence-corrected chi connectivity index (χ3v) is 4.04. The van der Waals surface area contributed by atoms with Crippen LogP contribution in [-0.4, -0.2) is 4.98 Å². The summed E-state index contributed by atoms with van der Waals surface area (Å²) in [5.41, 5.74) is 1.88. The van der Waals surface area contributed by atoms with Gasteiger partial charge in [0, 0.05) is 5.92 Å². The maximum atomic E-state index is 13.5. The van der Waals surface area contributed by atoms with Gasteiger partial charge in [-0.1, -0.05) is 33.8 Å². The molecule has 0 fully saturated rings. The first-order chi connectivity index (χ1) is 8.13. The highest BCUT2D eigenvalue weighted by Gasteiger charge is 2.13. The fraction of sp³-hybridized carbons (Fsp3) is 0.500. The normalized spacial score (nSPS) is 12.1. The van der Waals surface area contributed by atoms with Crippen molar-refractivity contribution in [1.29, 1.82) is 0 Å². The predicted octanol–water partition coefficient (Wildman–Crippen LogP) is 5.28. The summed E-state index contributed by atoms with van der Waals surface area (Å²) in [6, 6.07) is 3.31. The summed E-state index contributed by atoms with van der Waals surface area (Å²) in [7, 11) is 0. The highest BCUT2D eigenvalue weighted by Crippen LogP contribution is 2.32. The van der Waals surface area contributed by atoms with E-state index in [4.69, 9.17) is 0 Å². The van der Waals surface area contributed by atoms with Crippen molar-refractivity contribution in [2.45, 2.75) is 47.0 Å². The number of aryl methyl sites for hydroxylation is 1. The second kappa shape index (κ2) is 6.10. The molecule has 0 aliphatic heterocycles. The van der Waals surface area contributed by atoms with E-state index in [0.29, 0.717) is 10.6 Å². The molecule has 0 bridgehead atoms. The second-order valence-corrected chi connectivity index (χ2v) is 4.93. The quantitative estimate of drug-likeness (QED) is 0.709. The second-order valence-electron chi connectivity index (χ2n) is 3.90. The SMILES string of the molecule is CC.CCC(C)c1nc2c(C)ccc(F)c2s1. The Morgan fingerprint density at radius 2 is 2.00 bits per heavy atom. The van der Waals surface area contributed by atoms with Gasteiger partial charge in [0.2, 0.25) is 0 Å². The molecule has 3 heteroatoms. The highest BCUT2D eigenvalue weighted by molar-refractivity contribution is 7.18. The van der Waals surface area contributed by atoms with Crippen molar-refractivity contribution >= 4 is 21.6 Å². The van der Waals surface area contributed by atoms with E-state index < -0.39 is 0 Å². The Balaban J connectivity index is 0.000000686. The largest absolute Gasteiger partial charge is 0.241 e. The number of halogens is 1. The summed E-state index contributed by atoms with van der Waals surface area (Å²) in [6.45, 7) is 10.2. The van der Waals surface area contributed by atoms with Crippen LogP contribution < -0.4 is 0 Å². The van der Waals surface area contributed by atoms with E-state index >= 15 is 0 Å². The molecule has 94 valence electrons. The Morgan fingerprint density at radius 1 is 1.35 bits per heavy atom. The number of fused-ring (bicyclic) bond motifs is 1. The topological polar surface area (TPSA) is 12.9 Å². The van der Waals surface area contributed by atoms with Crippen molar-refractivity contribution in [1.82, 2.24) is 4.98 Å². The van der Waals surface area contributed by atoms with Crippen LogP contribution in [-0.2, 0) is 0 Å². The minimum absolute atomic E-state index is 0.150. The van der Waals surface area contributed by atoms with Gasteiger partial charge < -0.3 is 0 Å². The van der Waals surface area contributed by atoms with Gasteiger partial charge in [-0.3, -0.25) is 0 Å². The number of hydrogen-bond acceptors (Lipinski definition) is 2. The molecular weight excluding hydrogens is 233 g/mol. The fourth-order valence-corrected chi connectivity index (χ4v) is 2.69. The van der Waals surface area contributed by atoms with Crippen molar-refractivity contribution < 1.29 is 4.39 Å². The summed E-state index contributed by atoms with van der Waals surface area (Å²) in [5.74, 6) is 0.267. The Hall–Kier alpha value is -0.960. The zero-order chi connectivity index (χ0) is 13.0. The third kappa shape index (κ3) is 2.83. The minimum Gasteiger partial charge on any atom is -0.241 e. The van der Waals surface area contributed by atoms with Crippen LogP contribution >= 0.6 is 11.3 Å². The maximum absolute atomic E-state index is 13.5. The van der Waals surface area contributed by atoms with E-state index in [1.54, 1.807) is 6.07 Å². The zero-order valence-corrected chi connectivity index (χ0v) is 12.0. The first-order valence-electron chi connectivity index (χ1n) is 6.19.